The summed E-state index contributed by atoms with van der Waals surface area (Å²) in [6, 6.07) is 4.41. The molecule has 0 unspecified atom stereocenters. The summed E-state index contributed by atoms with van der Waals surface area (Å²) < 4.78 is 20.4. The molecule has 104 valence electrons. The number of hydrogen-bond donors (Lipinski definition) is 0. The van der Waals surface area contributed by atoms with Crippen LogP contribution in [0.15, 0.2) is 24.5 Å². The van der Waals surface area contributed by atoms with Crippen LogP contribution in [0.25, 0.3) is 5.69 Å². The van der Waals surface area contributed by atoms with Gasteiger partial charge in [-0.15, -0.1) is 0 Å². The summed E-state index contributed by atoms with van der Waals surface area (Å²) in [5, 5.41) is -0.0506. The molecule has 2 heterocycles. The second-order valence-corrected chi connectivity index (χ2v) is 5.69. The van der Waals surface area contributed by atoms with Crippen molar-refractivity contribution in [2.24, 2.45) is 0 Å². The predicted octanol–water partition coefficient (Wildman–Crippen LogP) is 3.16. The zero-order valence-electron chi connectivity index (χ0n) is 11.0. The summed E-state index contributed by atoms with van der Waals surface area (Å²) in [7, 11) is 0. The molecule has 0 atom stereocenters. The van der Waals surface area contributed by atoms with E-state index in [-0.39, 0.29) is 5.02 Å². The van der Waals surface area contributed by atoms with Crippen LogP contribution in [-0.4, -0.2) is 21.1 Å². The molecule has 3 rings (SSSR count). The van der Waals surface area contributed by atoms with Gasteiger partial charge in [-0.25, -0.2) is 14.2 Å². The molecule has 0 fully saturated rings. The Balaban J connectivity index is 2.17. The highest BCUT2D eigenvalue weighted by Crippen LogP contribution is 2.31. The van der Waals surface area contributed by atoms with Crippen LogP contribution >= 0.6 is 11.6 Å². The van der Waals surface area contributed by atoms with Crippen LogP contribution in [-0.2, 0) is 11.2 Å². The highest BCUT2D eigenvalue weighted by atomic mass is 35.5. The average Bonchev–Trinajstić information content (AvgIpc) is 2.74. The van der Waals surface area contributed by atoms with Crippen molar-refractivity contribution in [2.75, 3.05) is 0 Å². The highest BCUT2D eigenvalue weighted by molar-refractivity contribution is 6.32. The van der Waals surface area contributed by atoms with Crippen LogP contribution in [0, 0.1) is 5.82 Å². The van der Waals surface area contributed by atoms with Crippen molar-refractivity contribution in [1.29, 1.82) is 0 Å². The summed E-state index contributed by atoms with van der Waals surface area (Å²) >= 11 is 5.96. The van der Waals surface area contributed by atoms with Crippen LogP contribution in [0.1, 0.15) is 30.0 Å². The third-order valence-electron chi connectivity index (χ3n) is 3.19. The molecular formula is C14H12ClFN2O2. The Kier molecular flexibility index (Phi) is 2.83. The SMILES string of the molecule is CC1(C)Cc2ncn(-c3cccc(F)c3Cl)c2C(=O)O1. The number of fused-ring (bicyclic) bond motifs is 1. The molecule has 0 saturated carbocycles. The normalized spacial score (nSPS) is 16.7. The van der Waals surface area contributed by atoms with Crippen LogP contribution in [0.3, 0.4) is 0 Å². The molecule has 0 spiro atoms. The molecule has 1 aromatic heterocycles. The lowest BCUT2D eigenvalue weighted by Crippen LogP contribution is -2.36. The number of aromatic nitrogens is 2. The van der Waals surface area contributed by atoms with E-state index in [4.69, 9.17) is 16.3 Å². The van der Waals surface area contributed by atoms with Gasteiger partial charge in [0.1, 0.15) is 22.8 Å². The number of benzene rings is 1. The topological polar surface area (TPSA) is 44.1 Å². The molecule has 0 saturated heterocycles. The molecule has 1 aromatic carbocycles. The van der Waals surface area contributed by atoms with Crippen molar-refractivity contribution in [3.8, 4) is 5.69 Å². The Hall–Kier alpha value is -1.88. The van der Waals surface area contributed by atoms with Gasteiger partial charge in [-0.3, -0.25) is 4.57 Å². The van der Waals surface area contributed by atoms with E-state index in [2.05, 4.69) is 4.98 Å². The van der Waals surface area contributed by atoms with Gasteiger partial charge in [0.15, 0.2) is 5.69 Å². The van der Waals surface area contributed by atoms with E-state index in [1.807, 2.05) is 13.8 Å². The number of esters is 1. The number of rotatable bonds is 1. The zero-order valence-corrected chi connectivity index (χ0v) is 11.7. The van der Waals surface area contributed by atoms with E-state index in [0.717, 1.165) is 0 Å². The summed E-state index contributed by atoms with van der Waals surface area (Å²) in [5.74, 6) is -1.02. The zero-order chi connectivity index (χ0) is 14.5. The Morgan fingerprint density at radius 3 is 2.95 bits per heavy atom. The third-order valence-corrected chi connectivity index (χ3v) is 3.56. The maximum Gasteiger partial charge on any atom is 0.357 e. The highest BCUT2D eigenvalue weighted by Gasteiger charge is 2.36. The van der Waals surface area contributed by atoms with Gasteiger partial charge in [-0.1, -0.05) is 17.7 Å². The lowest BCUT2D eigenvalue weighted by atomic mass is 9.98. The summed E-state index contributed by atoms with van der Waals surface area (Å²) in [6.45, 7) is 3.64. The number of ether oxygens (including phenoxy) is 1. The second-order valence-electron chi connectivity index (χ2n) is 5.31. The largest absolute Gasteiger partial charge is 0.455 e. The molecule has 0 radical (unpaired) electrons. The first kappa shape index (κ1) is 13.1. The van der Waals surface area contributed by atoms with Gasteiger partial charge in [0, 0.05) is 6.42 Å². The van der Waals surface area contributed by atoms with Crippen LogP contribution < -0.4 is 0 Å². The minimum Gasteiger partial charge on any atom is -0.455 e. The molecule has 20 heavy (non-hydrogen) atoms. The molecule has 2 aromatic rings. The van der Waals surface area contributed by atoms with Gasteiger partial charge < -0.3 is 4.74 Å². The van der Waals surface area contributed by atoms with Crippen molar-refractivity contribution < 1.29 is 13.9 Å². The molecule has 0 bridgehead atoms. The molecule has 6 heteroatoms. The molecular weight excluding hydrogens is 283 g/mol. The van der Waals surface area contributed by atoms with Crippen molar-refractivity contribution in [2.45, 2.75) is 25.9 Å². The van der Waals surface area contributed by atoms with E-state index in [1.165, 1.54) is 23.0 Å². The fourth-order valence-electron chi connectivity index (χ4n) is 2.33. The van der Waals surface area contributed by atoms with E-state index in [1.54, 1.807) is 6.07 Å². The minimum absolute atomic E-state index is 0.0506. The molecule has 4 nitrogen and oxygen atoms in total. The fourth-order valence-corrected chi connectivity index (χ4v) is 2.55. The number of cyclic esters (lactones) is 1. The molecule has 0 N–H and O–H groups in total. The molecule has 1 aliphatic heterocycles. The lowest BCUT2D eigenvalue weighted by molar-refractivity contribution is -0.00796. The minimum atomic E-state index is -0.588. The van der Waals surface area contributed by atoms with Crippen LogP contribution in [0.2, 0.25) is 5.02 Å². The Labute approximate surface area is 120 Å². The summed E-state index contributed by atoms with van der Waals surface area (Å²) in [6.07, 6.45) is 1.97. The maximum atomic E-state index is 13.5. The van der Waals surface area contributed by atoms with Crippen molar-refractivity contribution >= 4 is 17.6 Å². The predicted molar refractivity (Wildman–Crippen MR) is 71.7 cm³/mol. The number of carbonyl (C=O) groups excluding carboxylic acids is 1. The van der Waals surface area contributed by atoms with E-state index in [0.29, 0.717) is 23.5 Å². The first-order valence-electron chi connectivity index (χ1n) is 6.13. The Bertz CT molecular complexity index is 709. The fraction of sp³-hybridized carbons (Fsp3) is 0.286. The number of halogens is 2. The van der Waals surface area contributed by atoms with E-state index in [9.17, 15) is 9.18 Å². The summed E-state index contributed by atoms with van der Waals surface area (Å²) in [5.41, 5.74) is 0.718. The van der Waals surface area contributed by atoms with Crippen molar-refractivity contribution in [3.63, 3.8) is 0 Å². The monoisotopic (exact) mass is 294 g/mol. The smallest absolute Gasteiger partial charge is 0.357 e. The second kappa shape index (κ2) is 4.31. The van der Waals surface area contributed by atoms with Gasteiger partial charge in [-0.2, -0.15) is 0 Å². The first-order chi connectivity index (χ1) is 9.39. The van der Waals surface area contributed by atoms with Gasteiger partial charge in [-0.05, 0) is 26.0 Å². The van der Waals surface area contributed by atoms with Crippen molar-refractivity contribution in [1.82, 2.24) is 9.55 Å². The van der Waals surface area contributed by atoms with Gasteiger partial charge >= 0.3 is 5.97 Å². The van der Waals surface area contributed by atoms with E-state index >= 15 is 0 Å². The lowest BCUT2D eigenvalue weighted by Gasteiger charge is -2.29. The Morgan fingerprint density at radius 2 is 2.20 bits per heavy atom. The van der Waals surface area contributed by atoms with Gasteiger partial charge in [0.05, 0.1) is 11.4 Å². The van der Waals surface area contributed by atoms with Gasteiger partial charge in [0.25, 0.3) is 0 Å². The molecule has 0 aliphatic carbocycles. The number of nitrogens with zero attached hydrogens (tertiary/aromatic N) is 2. The van der Waals surface area contributed by atoms with Gasteiger partial charge in [0.2, 0.25) is 0 Å². The number of carbonyl (C=O) groups is 1. The summed E-state index contributed by atoms with van der Waals surface area (Å²) in [4.78, 5) is 16.4. The van der Waals surface area contributed by atoms with E-state index < -0.39 is 17.4 Å². The molecule has 1 aliphatic rings. The Morgan fingerprint density at radius 1 is 1.45 bits per heavy atom. The number of hydrogen-bond acceptors (Lipinski definition) is 3. The quantitative estimate of drug-likeness (QED) is 0.759. The molecule has 0 amide bonds. The number of imidazole rings is 1. The van der Waals surface area contributed by atoms with Crippen LogP contribution in [0.5, 0.6) is 0 Å². The van der Waals surface area contributed by atoms with Crippen molar-refractivity contribution in [3.05, 3.63) is 46.8 Å². The first-order valence-corrected chi connectivity index (χ1v) is 6.51. The third kappa shape index (κ3) is 1.98. The maximum absolute atomic E-state index is 13.5. The van der Waals surface area contributed by atoms with Crippen LogP contribution in [0.4, 0.5) is 4.39 Å². The average molecular weight is 295 g/mol. The standard InChI is InChI=1S/C14H12ClFN2O2/c1-14(2)6-9-12(13(19)20-14)18(7-17-9)10-5-3-4-8(16)11(10)15/h3-5,7H,6H2,1-2H3.